The average Bonchev–Trinajstić information content (AvgIpc) is 2.28. The SMILES string of the molecule is Cc1cccc(Sc2nc(C)cc(C)c2CN)c1. The predicted octanol–water partition coefficient (Wildman–Crippen LogP) is 3.62. The van der Waals surface area contributed by atoms with Crippen molar-refractivity contribution >= 4 is 11.8 Å². The number of hydrogen-bond donors (Lipinski definition) is 1. The number of nitrogens with two attached hydrogens (primary N) is 1. The molecule has 2 aromatic rings. The van der Waals surface area contributed by atoms with E-state index in [1.807, 2.05) is 6.92 Å². The standard InChI is InChI=1S/C15H18N2S/c1-10-5-4-6-13(7-10)18-15-14(9-16)11(2)8-12(3)17-15/h4-8H,9,16H2,1-3H3. The highest BCUT2D eigenvalue weighted by Crippen LogP contribution is 2.31. The van der Waals surface area contributed by atoms with Crippen LogP contribution >= 0.6 is 11.8 Å². The molecule has 2 rings (SSSR count). The van der Waals surface area contributed by atoms with E-state index >= 15 is 0 Å². The van der Waals surface area contributed by atoms with Gasteiger partial charge in [0, 0.05) is 22.7 Å². The normalized spacial score (nSPS) is 10.7. The molecule has 0 aliphatic rings. The first kappa shape index (κ1) is 13.1. The Balaban J connectivity index is 2.39. The molecule has 94 valence electrons. The lowest BCUT2D eigenvalue weighted by molar-refractivity contribution is 0.922. The molecule has 0 aliphatic carbocycles. The zero-order valence-electron chi connectivity index (χ0n) is 11.0. The lowest BCUT2D eigenvalue weighted by Gasteiger charge is -2.11. The van der Waals surface area contributed by atoms with Gasteiger partial charge in [-0.2, -0.15) is 0 Å². The summed E-state index contributed by atoms with van der Waals surface area (Å²) in [6, 6.07) is 10.5. The van der Waals surface area contributed by atoms with Crippen LogP contribution in [0.4, 0.5) is 0 Å². The Kier molecular flexibility index (Phi) is 4.04. The summed E-state index contributed by atoms with van der Waals surface area (Å²) in [7, 11) is 0. The Bertz CT molecular complexity index is 564. The maximum Gasteiger partial charge on any atom is 0.106 e. The Morgan fingerprint density at radius 1 is 1.17 bits per heavy atom. The van der Waals surface area contributed by atoms with Crippen molar-refractivity contribution in [2.75, 3.05) is 0 Å². The topological polar surface area (TPSA) is 38.9 Å². The second-order valence-corrected chi connectivity index (χ2v) is 5.55. The number of benzene rings is 1. The van der Waals surface area contributed by atoms with E-state index in [2.05, 4.69) is 49.2 Å². The minimum absolute atomic E-state index is 0.535. The fourth-order valence-corrected chi connectivity index (χ4v) is 3.12. The summed E-state index contributed by atoms with van der Waals surface area (Å²) in [5.41, 5.74) is 10.5. The second kappa shape index (κ2) is 5.55. The van der Waals surface area contributed by atoms with Gasteiger partial charge in [0.2, 0.25) is 0 Å². The lowest BCUT2D eigenvalue weighted by Crippen LogP contribution is -2.04. The van der Waals surface area contributed by atoms with Crippen LogP contribution in [0.3, 0.4) is 0 Å². The first-order chi connectivity index (χ1) is 8.60. The van der Waals surface area contributed by atoms with E-state index in [0.29, 0.717) is 6.54 Å². The summed E-state index contributed by atoms with van der Waals surface area (Å²) in [5, 5.41) is 1.03. The molecule has 0 amide bonds. The average molecular weight is 258 g/mol. The minimum atomic E-state index is 0.535. The molecular formula is C15H18N2S. The molecular weight excluding hydrogens is 240 g/mol. The van der Waals surface area contributed by atoms with Crippen molar-refractivity contribution in [3.63, 3.8) is 0 Å². The van der Waals surface area contributed by atoms with E-state index in [0.717, 1.165) is 16.3 Å². The van der Waals surface area contributed by atoms with Crippen LogP contribution in [-0.4, -0.2) is 4.98 Å². The van der Waals surface area contributed by atoms with Gasteiger partial charge in [-0.1, -0.05) is 29.5 Å². The molecule has 2 nitrogen and oxygen atoms in total. The van der Waals surface area contributed by atoms with Gasteiger partial charge in [-0.05, 0) is 44.5 Å². The molecule has 0 saturated heterocycles. The molecule has 0 unspecified atom stereocenters. The van der Waals surface area contributed by atoms with Crippen molar-refractivity contribution in [3.8, 4) is 0 Å². The lowest BCUT2D eigenvalue weighted by atomic mass is 10.1. The Morgan fingerprint density at radius 3 is 2.61 bits per heavy atom. The molecule has 3 heteroatoms. The van der Waals surface area contributed by atoms with E-state index in [1.54, 1.807) is 11.8 Å². The second-order valence-electron chi connectivity index (χ2n) is 4.49. The molecule has 1 aromatic carbocycles. The Labute approximate surface area is 113 Å². The third kappa shape index (κ3) is 2.92. The number of aromatic nitrogens is 1. The highest BCUT2D eigenvalue weighted by atomic mass is 32.2. The zero-order valence-corrected chi connectivity index (χ0v) is 11.8. The molecule has 0 saturated carbocycles. The third-order valence-electron chi connectivity index (χ3n) is 2.85. The van der Waals surface area contributed by atoms with E-state index in [4.69, 9.17) is 5.73 Å². The molecule has 0 bridgehead atoms. The summed E-state index contributed by atoms with van der Waals surface area (Å²) in [6.45, 7) is 6.75. The molecule has 0 radical (unpaired) electrons. The van der Waals surface area contributed by atoms with Crippen LogP contribution in [0.5, 0.6) is 0 Å². The number of aryl methyl sites for hydroxylation is 3. The summed E-state index contributed by atoms with van der Waals surface area (Å²) in [5.74, 6) is 0. The van der Waals surface area contributed by atoms with Gasteiger partial charge in [0.15, 0.2) is 0 Å². The van der Waals surface area contributed by atoms with Gasteiger partial charge in [0.05, 0.1) is 0 Å². The summed E-state index contributed by atoms with van der Waals surface area (Å²) < 4.78 is 0. The maximum absolute atomic E-state index is 5.83. The van der Waals surface area contributed by atoms with Gasteiger partial charge < -0.3 is 5.73 Å². The number of pyridine rings is 1. The van der Waals surface area contributed by atoms with Crippen molar-refractivity contribution in [1.29, 1.82) is 0 Å². The van der Waals surface area contributed by atoms with Gasteiger partial charge >= 0.3 is 0 Å². The van der Waals surface area contributed by atoms with Crippen LogP contribution in [0.15, 0.2) is 40.3 Å². The number of hydrogen-bond acceptors (Lipinski definition) is 3. The smallest absolute Gasteiger partial charge is 0.106 e. The van der Waals surface area contributed by atoms with Crippen LogP contribution in [0.1, 0.15) is 22.4 Å². The molecule has 1 heterocycles. The fraction of sp³-hybridized carbons (Fsp3) is 0.267. The molecule has 0 spiro atoms. The number of rotatable bonds is 3. The van der Waals surface area contributed by atoms with E-state index in [9.17, 15) is 0 Å². The minimum Gasteiger partial charge on any atom is -0.326 e. The molecule has 0 fully saturated rings. The third-order valence-corrected chi connectivity index (χ3v) is 3.87. The van der Waals surface area contributed by atoms with Gasteiger partial charge in [0.25, 0.3) is 0 Å². The summed E-state index contributed by atoms with van der Waals surface area (Å²) >= 11 is 1.69. The van der Waals surface area contributed by atoms with Crippen LogP contribution in [0, 0.1) is 20.8 Å². The van der Waals surface area contributed by atoms with Gasteiger partial charge in [0.1, 0.15) is 5.03 Å². The molecule has 18 heavy (non-hydrogen) atoms. The molecule has 2 N–H and O–H groups in total. The van der Waals surface area contributed by atoms with Gasteiger partial charge in [-0.25, -0.2) is 4.98 Å². The molecule has 1 aromatic heterocycles. The maximum atomic E-state index is 5.83. The summed E-state index contributed by atoms with van der Waals surface area (Å²) in [4.78, 5) is 5.82. The zero-order chi connectivity index (χ0) is 13.1. The fourth-order valence-electron chi connectivity index (χ4n) is 1.95. The Morgan fingerprint density at radius 2 is 1.94 bits per heavy atom. The molecule has 0 aliphatic heterocycles. The van der Waals surface area contributed by atoms with Crippen molar-refractivity contribution in [2.45, 2.75) is 37.2 Å². The van der Waals surface area contributed by atoms with Crippen LogP contribution < -0.4 is 5.73 Å². The molecule has 0 atom stereocenters. The van der Waals surface area contributed by atoms with Crippen molar-refractivity contribution in [3.05, 3.63) is 52.7 Å². The van der Waals surface area contributed by atoms with Crippen LogP contribution in [0.2, 0.25) is 0 Å². The highest BCUT2D eigenvalue weighted by molar-refractivity contribution is 7.99. The largest absolute Gasteiger partial charge is 0.326 e. The van der Waals surface area contributed by atoms with Crippen molar-refractivity contribution in [1.82, 2.24) is 4.98 Å². The van der Waals surface area contributed by atoms with Gasteiger partial charge in [-0.3, -0.25) is 0 Å². The van der Waals surface area contributed by atoms with Gasteiger partial charge in [-0.15, -0.1) is 0 Å². The van der Waals surface area contributed by atoms with E-state index < -0.39 is 0 Å². The van der Waals surface area contributed by atoms with Crippen molar-refractivity contribution in [2.24, 2.45) is 5.73 Å². The first-order valence-corrected chi connectivity index (χ1v) is 6.83. The van der Waals surface area contributed by atoms with Crippen molar-refractivity contribution < 1.29 is 0 Å². The first-order valence-electron chi connectivity index (χ1n) is 6.02. The highest BCUT2D eigenvalue weighted by Gasteiger charge is 2.09. The Hall–Kier alpha value is -1.32. The monoisotopic (exact) mass is 258 g/mol. The number of nitrogens with zero attached hydrogens (tertiary/aromatic N) is 1. The quantitative estimate of drug-likeness (QED) is 0.914. The summed E-state index contributed by atoms with van der Waals surface area (Å²) in [6.07, 6.45) is 0. The van der Waals surface area contributed by atoms with E-state index in [1.165, 1.54) is 16.0 Å². The van der Waals surface area contributed by atoms with Crippen LogP contribution in [0.25, 0.3) is 0 Å². The van der Waals surface area contributed by atoms with E-state index in [-0.39, 0.29) is 0 Å². The predicted molar refractivity (Wildman–Crippen MR) is 76.9 cm³/mol. The van der Waals surface area contributed by atoms with Crippen LogP contribution in [-0.2, 0) is 6.54 Å².